The van der Waals surface area contributed by atoms with Crippen molar-refractivity contribution in [3.63, 3.8) is 0 Å². The Kier molecular flexibility index (Phi) is 4.54. The van der Waals surface area contributed by atoms with E-state index in [0.29, 0.717) is 6.04 Å². The van der Waals surface area contributed by atoms with Crippen molar-refractivity contribution < 1.29 is 4.74 Å². The van der Waals surface area contributed by atoms with E-state index >= 15 is 0 Å². The first-order chi connectivity index (χ1) is 8.27. The molecule has 0 amide bonds. The van der Waals surface area contributed by atoms with Gasteiger partial charge in [-0.05, 0) is 25.5 Å². The number of hydrogen-bond acceptors (Lipinski definition) is 3. The molecule has 94 valence electrons. The van der Waals surface area contributed by atoms with Gasteiger partial charge in [0.2, 0.25) is 0 Å². The summed E-state index contributed by atoms with van der Waals surface area (Å²) in [5.41, 5.74) is 7.44. The van der Waals surface area contributed by atoms with Gasteiger partial charge in [0.05, 0.1) is 0 Å². The molecule has 17 heavy (non-hydrogen) atoms. The highest BCUT2D eigenvalue weighted by atomic mass is 16.5. The fourth-order valence-electron chi connectivity index (χ4n) is 2.39. The fourth-order valence-corrected chi connectivity index (χ4v) is 2.39. The van der Waals surface area contributed by atoms with Crippen LogP contribution >= 0.6 is 0 Å². The van der Waals surface area contributed by atoms with Crippen LogP contribution in [-0.2, 0) is 4.74 Å². The highest BCUT2D eigenvalue weighted by Crippen LogP contribution is 2.16. The smallest absolute Gasteiger partial charge is 0.0480 e. The molecule has 1 aromatic rings. The van der Waals surface area contributed by atoms with Crippen LogP contribution < -0.4 is 5.73 Å². The Morgan fingerprint density at radius 1 is 1.29 bits per heavy atom. The zero-order chi connectivity index (χ0) is 12.1. The Labute approximate surface area is 104 Å². The number of benzene rings is 1. The Hall–Kier alpha value is -0.900. The van der Waals surface area contributed by atoms with Gasteiger partial charge < -0.3 is 15.4 Å². The predicted molar refractivity (Wildman–Crippen MR) is 69.8 cm³/mol. The van der Waals surface area contributed by atoms with Crippen LogP contribution in [0.3, 0.4) is 0 Å². The van der Waals surface area contributed by atoms with E-state index < -0.39 is 0 Å². The van der Waals surface area contributed by atoms with Gasteiger partial charge in [-0.3, -0.25) is 0 Å². The zero-order valence-corrected chi connectivity index (χ0v) is 10.5. The lowest BCUT2D eigenvalue weighted by molar-refractivity contribution is 0.0413. The highest BCUT2D eigenvalue weighted by molar-refractivity contribution is 5.18. The number of likely N-dealkylation sites (N-methyl/N-ethyl adjacent to an activating group) is 1. The fraction of sp³-hybridized carbons (Fsp3) is 0.571. The third-order valence-electron chi connectivity index (χ3n) is 3.53. The van der Waals surface area contributed by atoms with Gasteiger partial charge in [-0.25, -0.2) is 0 Å². The standard InChI is InChI=1S/C14H22N2O/c1-16(13-7-9-17-10-8-13)11-14(15)12-5-3-2-4-6-12/h2-6,13-14H,7-11,15H2,1H3. The summed E-state index contributed by atoms with van der Waals surface area (Å²) in [4.78, 5) is 2.38. The molecule has 2 rings (SSSR count). The molecule has 1 aliphatic rings. The Morgan fingerprint density at radius 3 is 2.59 bits per heavy atom. The van der Waals surface area contributed by atoms with Gasteiger partial charge in [0.25, 0.3) is 0 Å². The normalized spacial score (nSPS) is 19.5. The zero-order valence-electron chi connectivity index (χ0n) is 10.5. The van der Waals surface area contributed by atoms with E-state index in [1.54, 1.807) is 0 Å². The van der Waals surface area contributed by atoms with E-state index in [4.69, 9.17) is 10.5 Å². The van der Waals surface area contributed by atoms with Crippen LogP contribution in [0.5, 0.6) is 0 Å². The Bertz CT molecular complexity index is 322. The van der Waals surface area contributed by atoms with Crippen LogP contribution in [0.1, 0.15) is 24.4 Å². The minimum Gasteiger partial charge on any atom is -0.381 e. The molecule has 1 atom stereocenters. The summed E-state index contributed by atoms with van der Waals surface area (Å²) in [7, 11) is 2.17. The van der Waals surface area contributed by atoms with E-state index in [9.17, 15) is 0 Å². The summed E-state index contributed by atoms with van der Waals surface area (Å²) in [6.07, 6.45) is 2.25. The molecule has 1 saturated heterocycles. The molecule has 1 unspecified atom stereocenters. The molecule has 1 aromatic carbocycles. The van der Waals surface area contributed by atoms with Gasteiger partial charge >= 0.3 is 0 Å². The van der Waals surface area contributed by atoms with Crippen LogP contribution in [-0.4, -0.2) is 37.7 Å². The van der Waals surface area contributed by atoms with Crippen LogP contribution in [0.25, 0.3) is 0 Å². The lowest BCUT2D eigenvalue weighted by atomic mass is 10.0. The largest absolute Gasteiger partial charge is 0.381 e. The maximum Gasteiger partial charge on any atom is 0.0480 e. The molecule has 0 bridgehead atoms. The van der Waals surface area contributed by atoms with Crippen molar-refractivity contribution in [2.45, 2.75) is 24.9 Å². The molecule has 1 heterocycles. The van der Waals surface area contributed by atoms with Crippen molar-refractivity contribution in [1.82, 2.24) is 4.90 Å². The van der Waals surface area contributed by atoms with E-state index in [1.807, 2.05) is 18.2 Å². The first kappa shape index (κ1) is 12.6. The van der Waals surface area contributed by atoms with E-state index in [2.05, 4.69) is 24.1 Å². The second kappa shape index (κ2) is 6.15. The van der Waals surface area contributed by atoms with Gasteiger partial charge in [0, 0.05) is 31.8 Å². The molecule has 0 radical (unpaired) electrons. The molecular formula is C14H22N2O. The summed E-state index contributed by atoms with van der Waals surface area (Å²) in [6.45, 7) is 2.68. The van der Waals surface area contributed by atoms with Gasteiger partial charge in [-0.1, -0.05) is 30.3 Å². The topological polar surface area (TPSA) is 38.5 Å². The van der Waals surface area contributed by atoms with E-state index in [-0.39, 0.29) is 6.04 Å². The molecule has 0 saturated carbocycles. The maximum absolute atomic E-state index is 6.23. The van der Waals surface area contributed by atoms with Crippen LogP contribution in [0.2, 0.25) is 0 Å². The lowest BCUT2D eigenvalue weighted by Gasteiger charge is -2.32. The average molecular weight is 234 g/mol. The van der Waals surface area contributed by atoms with E-state index in [1.165, 1.54) is 5.56 Å². The monoisotopic (exact) mass is 234 g/mol. The van der Waals surface area contributed by atoms with Crippen molar-refractivity contribution >= 4 is 0 Å². The molecule has 2 N–H and O–H groups in total. The first-order valence-electron chi connectivity index (χ1n) is 6.36. The molecule has 3 nitrogen and oxygen atoms in total. The lowest BCUT2D eigenvalue weighted by Crippen LogP contribution is -2.40. The van der Waals surface area contributed by atoms with Crippen LogP contribution in [0.15, 0.2) is 30.3 Å². The predicted octanol–water partition coefficient (Wildman–Crippen LogP) is 1.80. The van der Waals surface area contributed by atoms with Crippen LogP contribution in [0, 0.1) is 0 Å². The van der Waals surface area contributed by atoms with E-state index in [0.717, 1.165) is 32.6 Å². The molecule has 0 aromatic heterocycles. The van der Waals surface area contributed by atoms with Gasteiger partial charge in [-0.15, -0.1) is 0 Å². The Morgan fingerprint density at radius 2 is 1.94 bits per heavy atom. The molecule has 3 heteroatoms. The molecule has 1 fully saturated rings. The molecule has 0 spiro atoms. The second-order valence-electron chi connectivity index (χ2n) is 4.80. The van der Waals surface area contributed by atoms with Crippen molar-refractivity contribution in [2.75, 3.05) is 26.8 Å². The summed E-state index contributed by atoms with van der Waals surface area (Å²) in [5, 5.41) is 0. The second-order valence-corrected chi connectivity index (χ2v) is 4.80. The summed E-state index contributed by atoms with van der Waals surface area (Å²) in [5.74, 6) is 0. The molecular weight excluding hydrogens is 212 g/mol. The number of nitrogens with two attached hydrogens (primary N) is 1. The van der Waals surface area contributed by atoms with Crippen molar-refractivity contribution in [2.24, 2.45) is 5.73 Å². The molecule has 1 aliphatic heterocycles. The first-order valence-corrected chi connectivity index (χ1v) is 6.36. The summed E-state index contributed by atoms with van der Waals surface area (Å²) >= 11 is 0. The number of rotatable bonds is 4. The Balaban J connectivity index is 1.87. The number of ether oxygens (including phenoxy) is 1. The summed E-state index contributed by atoms with van der Waals surface area (Å²) in [6, 6.07) is 11.0. The number of nitrogens with zero attached hydrogens (tertiary/aromatic N) is 1. The van der Waals surface area contributed by atoms with Crippen molar-refractivity contribution in [1.29, 1.82) is 0 Å². The summed E-state index contributed by atoms with van der Waals surface area (Å²) < 4.78 is 5.38. The minimum atomic E-state index is 0.101. The van der Waals surface area contributed by atoms with Crippen molar-refractivity contribution in [3.8, 4) is 0 Å². The highest BCUT2D eigenvalue weighted by Gasteiger charge is 2.20. The minimum absolute atomic E-state index is 0.101. The maximum atomic E-state index is 6.23. The SMILES string of the molecule is CN(CC(N)c1ccccc1)C1CCOCC1. The van der Waals surface area contributed by atoms with Gasteiger partial charge in [-0.2, -0.15) is 0 Å². The molecule has 0 aliphatic carbocycles. The van der Waals surface area contributed by atoms with Gasteiger partial charge in [0.15, 0.2) is 0 Å². The number of hydrogen-bond donors (Lipinski definition) is 1. The van der Waals surface area contributed by atoms with Gasteiger partial charge in [0.1, 0.15) is 0 Å². The van der Waals surface area contributed by atoms with Crippen molar-refractivity contribution in [3.05, 3.63) is 35.9 Å². The third-order valence-corrected chi connectivity index (χ3v) is 3.53. The average Bonchev–Trinajstić information content (AvgIpc) is 2.40. The van der Waals surface area contributed by atoms with Crippen LogP contribution in [0.4, 0.5) is 0 Å². The third kappa shape index (κ3) is 3.53. The quantitative estimate of drug-likeness (QED) is 0.863.